The summed E-state index contributed by atoms with van der Waals surface area (Å²) in [5.41, 5.74) is -0.352. The second-order valence-corrected chi connectivity index (χ2v) is 6.14. The highest BCUT2D eigenvalue weighted by atomic mass is 32.2. The van der Waals surface area contributed by atoms with Gasteiger partial charge in [0.15, 0.2) is 0 Å². The van der Waals surface area contributed by atoms with E-state index in [1.807, 2.05) is 30.5 Å². The third-order valence-electron chi connectivity index (χ3n) is 3.84. The van der Waals surface area contributed by atoms with E-state index in [0.29, 0.717) is 37.9 Å². The molecule has 1 saturated heterocycles. The number of carbonyl (C=O) groups excluding carboxylic acids is 1. The Morgan fingerprint density at radius 1 is 1.30 bits per heavy atom. The maximum absolute atomic E-state index is 12.4. The number of benzene rings is 1. The number of hydrogen-bond donors (Lipinski definition) is 2. The van der Waals surface area contributed by atoms with Crippen molar-refractivity contribution in [1.29, 1.82) is 0 Å². The lowest BCUT2D eigenvalue weighted by Crippen LogP contribution is -2.36. The Hall–Kier alpha value is -1.04. The number of aliphatic hydroxyl groups is 2. The van der Waals surface area contributed by atoms with Gasteiger partial charge in [0.05, 0.1) is 12.2 Å². The summed E-state index contributed by atoms with van der Waals surface area (Å²) in [5, 5.41) is 19.3. The van der Waals surface area contributed by atoms with E-state index in [0.717, 1.165) is 4.90 Å². The summed E-state index contributed by atoms with van der Waals surface area (Å²) in [6.45, 7) is 0.878. The number of carbonyl (C=O) groups is 1. The number of aliphatic hydroxyl groups excluding tert-OH is 1. The normalized spacial score (nSPS) is 23.4. The fourth-order valence-corrected chi connectivity index (χ4v) is 2.86. The molecule has 20 heavy (non-hydrogen) atoms. The number of nitrogens with zero attached hydrogens (tertiary/aromatic N) is 1. The smallest absolute Gasteiger partial charge is 0.253 e. The van der Waals surface area contributed by atoms with Crippen LogP contribution in [0.2, 0.25) is 0 Å². The molecule has 4 nitrogen and oxygen atoms in total. The van der Waals surface area contributed by atoms with E-state index in [4.69, 9.17) is 0 Å². The van der Waals surface area contributed by atoms with Gasteiger partial charge in [0, 0.05) is 23.5 Å². The molecule has 0 aromatic heterocycles. The predicted octanol–water partition coefficient (Wildman–Crippen LogP) is 1.76. The second kappa shape index (κ2) is 6.61. The van der Waals surface area contributed by atoms with Crippen molar-refractivity contribution in [1.82, 2.24) is 4.90 Å². The average molecular weight is 295 g/mol. The van der Waals surface area contributed by atoms with Crippen LogP contribution in [0, 0.1) is 0 Å². The van der Waals surface area contributed by atoms with Crippen LogP contribution in [0.25, 0.3) is 0 Å². The van der Waals surface area contributed by atoms with Crippen molar-refractivity contribution in [3.05, 3.63) is 29.8 Å². The van der Waals surface area contributed by atoms with Gasteiger partial charge in [-0.25, -0.2) is 0 Å². The monoisotopic (exact) mass is 295 g/mol. The van der Waals surface area contributed by atoms with E-state index >= 15 is 0 Å². The highest BCUT2D eigenvalue weighted by molar-refractivity contribution is 7.98. The van der Waals surface area contributed by atoms with Gasteiger partial charge in [-0.3, -0.25) is 4.79 Å². The van der Waals surface area contributed by atoms with Crippen molar-refractivity contribution < 1.29 is 15.0 Å². The summed E-state index contributed by atoms with van der Waals surface area (Å²) in [6.07, 6.45) is 3.68. The number of hydrogen-bond acceptors (Lipinski definition) is 4. The summed E-state index contributed by atoms with van der Waals surface area (Å²) in [5.74, 6) is -0.000146. The first-order chi connectivity index (χ1) is 9.58. The van der Waals surface area contributed by atoms with Crippen LogP contribution in [0.5, 0.6) is 0 Å². The van der Waals surface area contributed by atoms with Crippen molar-refractivity contribution in [2.45, 2.75) is 29.8 Å². The maximum Gasteiger partial charge on any atom is 0.253 e. The average Bonchev–Trinajstić information content (AvgIpc) is 2.69. The molecule has 1 atom stereocenters. The van der Waals surface area contributed by atoms with Gasteiger partial charge >= 0.3 is 0 Å². The molecule has 110 valence electrons. The number of amides is 1. The van der Waals surface area contributed by atoms with Crippen LogP contribution in [0.3, 0.4) is 0 Å². The van der Waals surface area contributed by atoms with Gasteiger partial charge < -0.3 is 15.1 Å². The lowest BCUT2D eigenvalue weighted by Gasteiger charge is -2.24. The first-order valence-electron chi connectivity index (χ1n) is 6.84. The number of thioether (sulfide) groups is 1. The molecule has 1 heterocycles. The van der Waals surface area contributed by atoms with Gasteiger partial charge in [0.25, 0.3) is 5.91 Å². The minimum atomic E-state index is -1.03. The van der Waals surface area contributed by atoms with Gasteiger partial charge in [-0.15, -0.1) is 11.8 Å². The fourth-order valence-electron chi connectivity index (χ4n) is 2.46. The Balaban J connectivity index is 2.05. The molecular weight excluding hydrogens is 274 g/mol. The lowest BCUT2D eigenvalue weighted by molar-refractivity contribution is -0.0250. The molecule has 1 amide bonds. The quantitative estimate of drug-likeness (QED) is 0.834. The van der Waals surface area contributed by atoms with E-state index in [9.17, 15) is 15.0 Å². The summed E-state index contributed by atoms with van der Waals surface area (Å²) in [6, 6.07) is 7.58. The van der Waals surface area contributed by atoms with Crippen LogP contribution < -0.4 is 0 Å². The van der Waals surface area contributed by atoms with Crippen LogP contribution in [0.4, 0.5) is 0 Å². The zero-order chi connectivity index (χ0) is 14.6. The van der Waals surface area contributed by atoms with Crippen molar-refractivity contribution in [3.63, 3.8) is 0 Å². The van der Waals surface area contributed by atoms with E-state index in [1.54, 1.807) is 16.7 Å². The Labute approximate surface area is 123 Å². The van der Waals surface area contributed by atoms with Gasteiger partial charge in [-0.1, -0.05) is 0 Å². The molecule has 0 spiro atoms. The molecule has 0 aliphatic carbocycles. The minimum absolute atomic E-state index is 0.000146. The molecule has 1 aromatic carbocycles. The lowest BCUT2D eigenvalue weighted by atomic mass is 9.96. The standard InChI is InChI=1S/C15H21NO3S/c1-20-13-5-3-12(4-6-13)14(18)16-9-2-7-15(19,11-17)8-10-16/h3-6,17,19H,2,7-11H2,1H3/t15-/m0/s1. The first-order valence-corrected chi connectivity index (χ1v) is 8.07. The Kier molecular flexibility index (Phi) is 5.07. The molecule has 1 fully saturated rings. The molecule has 2 rings (SSSR count). The molecule has 1 aromatic rings. The first kappa shape index (κ1) is 15.4. The highest BCUT2D eigenvalue weighted by Gasteiger charge is 2.30. The number of likely N-dealkylation sites (tertiary alicyclic amines) is 1. The maximum atomic E-state index is 12.4. The van der Waals surface area contributed by atoms with Crippen LogP contribution in [0.15, 0.2) is 29.2 Å². The van der Waals surface area contributed by atoms with Crippen LogP contribution in [0.1, 0.15) is 29.6 Å². The highest BCUT2D eigenvalue weighted by Crippen LogP contribution is 2.23. The molecule has 1 aliphatic rings. The van der Waals surface area contributed by atoms with Crippen molar-refractivity contribution in [3.8, 4) is 0 Å². The van der Waals surface area contributed by atoms with Crippen molar-refractivity contribution >= 4 is 17.7 Å². The van der Waals surface area contributed by atoms with Gasteiger partial charge in [0.1, 0.15) is 0 Å². The van der Waals surface area contributed by atoms with E-state index in [2.05, 4.69) is 0 Å². The second-order valence-electron chi connectivity index (χ2n) is 5.26. The van der Waals surface area contributed by atoms with Gasteiger partial charge in [-0.05, 0) is 49.8 Å². The Morgan fingerprint density at radius 2 is 2.00 bits per heavy atom. The third-order valence-corrected chi connectivity index (χ3v) is 4.58. The van der Waals surface area contributed by atoms with Crippen LogP contribution in [-0.4, -0.2) is 52.6 Å². The molecule has 1 aliphatic heterocycles. The topological polar surface area (TPSA) is 60.8 Å². The zero-order valence-electron chi connectivity index (χ0n) is 11.7. The molecule has 0 bridgehead atoms. The fraction of sp³-hybridized carbons (Fsp3) is 0.533. The van der Waals surface area contributed by atoms with Crippen molar-refractivity contribution in [2.75, 3.05) is 26.0 Å². The van der Waals surface area contributed by atoms with Crippen LogP contribution in [-0.2, 0) is 0 Å². The van der Waals surface area contributed by atoms with E-state index in [1.165, 1.54) is 0 Å². The van der Waals surface area contributed by atoms with E-state index < -0.39 is 5.60 Å². The minimum Gasteiger partial charge on any atom is -0.393 e. The number of rotatable bonds is 3. The zero-order valence-corrected chi connectivity index (χ0v) is 12.5. The summed E-state index contributed by atoms with van der Waals surface area (Å²) in [4.78, 5) is 15.3. The Bertz CT molecular complexity index is 463. The molecule has 0 saturated carbocycles. The predicted molar refractivity (Wildman–Crippen MR) is 80.0 cm³/mol. The van der Waals surface area contributed by atoms with Crippen LogP contribution >= 0.6 is 11.8 Å². The largest absolute Gasteiger partial charge is 0.393 e. The molecule has 2 N–H and O–H groups in total. The molecule has 0 unspecified atom stereocenters. The third kappa shape index (κ3) is 3.53. The molecule has 0 radical (unpaired) electrons. The molecule has 5 heteroatoms. The van der Waals surface area contributed by atoms with Gasteiger partial charge in [-0.2, -0.15) is 0 Å². The summed E-state index contributed by atoms with van der Waals surface area (Å²) in [7, 11) is 0. The summed E-state index contributed by atoms with van der Waals surface area (Å²) < 4.78 is 0. The Morgan fingerprint density at radius 3 is 2.60 bits per heavy atom. The van der Waals surface area contributed by atoms with Gasteiger partial charge in [0.2, 0.25) is 0 Å². The summed E-state index contributed by atoms with van der Waals surface area (Å²) >= 11 is 1.65. The molecular formula is C15H21NO3S. The van der Waals surface area contributed by atoms with E-state index in [-0.39, 0.29) is 12.5 Å². The SMILES string of the molecule is CSc1ccc(C(=O)N2CCC[C@@](O)(CO)CC2)cc1. The van der Waals surface area contributed by atoms with Crippen molar-refractivity contribution in [2.24, 2.45) is 0 Å².